The second kappa shape index (κ2) is 12.3. The van der Waals surface area contributed by atoms with Gasteiger partial charge >= 0.3 is 5.97 Å². The molecule has 0 bridgehead atoms. The van der Waals surface area contributed by atoms with Gasteiger partial charge in [-0.05, 0) is 39.0 Å². The van der Waals surface area contributed by atoms with E-state index in [9.17, 15) is 14.4 Å². The number of thiazole rings is 1. The van der Waals surface area contributed by atoms with Crippen LogP contribution in [0, 0.1) is 0 Å². The number of esters is 1. The number of likely N-dealkylation sites (N-methyl/N-ethyl adjacent to an activating group) is 1. The van der Waals surface area contributed by atoms with Crippen LogP contribution in [0.15, 0.2) is 71.7 Å². The zero-order valence-corrected chi connectivity index (χ0v) is 22.5. The summed E-state index contributed by atoms with van der Waals surface area (Å²) in [4.78, 5) is 40.4. The number of amides is 1. The molecule has 0 spiro atoms. The zero-order valence-electron chi connectivity index (χ0n) is 21.7. The monoisotopic (exact) mass is 530 g/mol. The molecule has 196 valence electrons. The van der Waals surface area contributed by atoms with Crippen molar-refractivity contribution in [3.8, 4) is 16.9 Å². The van der Waals surface area contributed by atoms with Crippen LogP contribution in [0.2, 0.25) is 0 Å². The van der Waals surface area contributed by atoms with Crippen molar-refractivity contribution in [2.75, 3.05) is 19.7 Å². The quantitative estimate of drug-likeness (QED) is 0.311. The third-order valence-corrected chi connectivity index (χ3v) is 7.03. The van der Waals surface area contributed by atoms with E-state index in [1.54, 1.807) is 22.6 Å². The molecule has 4 rings (SSSR count). The second-order valence-corrected chi connectivity index (χ2v) is 9.44. The fourth-order valence-corrected chi connectivity index (χ4v) is 5.08. The van der Waals surface area contributed by atoms with Crippen LogP contribution in [0.4, 0.5) is 0 Å². The van der Waals surface area contributed by atoms with Crippen molar-refractivity contribution in [1.82, 2.24) is 19.2 Å². The molecule has 0 saturated heterocycles. The maximum Gasteiger partial charge on any atom is 0.333 e. The standard InChI is InChI=1S/C29H30N4O4S/c1-4-31(5-2)25(34)20-32-26(18-27(35)37-6-3)38-24(29(32)36)17-22-19-33(23-15-11-8-12-16-23)30-28(22)21-13-9-7-10-14-21/h7-19H,4-6,20H2,1-3H3/b24-17+,26-18+. The number of hydrogen-bond donors (Lipinski definition) is 0. The molecule has 0 aliphatic rings. The first-order valence-electron chi connectivity index (χ1n) is 12.5. The third-order valence-electron chi connectivity index (χ3n) is 5.97. The molecule has 0 fully saturated rings. The van der Waals surface area contributed by atoms with Crippen molar-refractivity contribution in [3.63, 3.8) is 0 Å². The van der Waals surface area contributed by atoms with Gasteiger partial charge in [-0.3, -0.25) is 14.2 Å². The highest BCUT2D eigenvalue weighted by Gasteiger charge is 2.16. The van der Waals surface area contributed by atoms with Crippen molar-refractivity contribution in [2.24, 2.45) is 0 Å². The average molecular weight is 531 g/mol. The highest BCUT2D eigenvalue weighted by Crippen LogP contribution is 2.24. The number of hydrogen-bond acceptors (Lipinski definition) is 6. The molecule has 2 heterocycles. The van der Waals surface area contributed by atoms with Gasteiger partial charge in [0.1, 0.15) is 11.2 Å². The predicted octanol–water partition coefficient (Wildman–Crippen LogP) is 2.80. The first-order valence-corrected chi connectivity index (χ1v) is 13.3. The first-order chi connectivity index (χ1) is 18.4. The maximum absolute atomic E-state index is 13.6. The summed E-state index contributed by atoms with van der Waals surface area (Å²) in [5.74, 6) is -0.756. The van der Waals surface area contributed by atoms with E-state index in [0.717, 1.165) is 28.2 Å². The van der Waals surface area contributed by atoms with E-state index in [0.29, 0.717) is 28.0 Å². The Hall–Kier alpha value is -4.24. The molecule has 0 aliphatic heterocycles. The fraction of sp³-hybridized carbons (Fsp3) is 0.241. The van der Waals surface area contributed by atoms with Gasteiger partial charge in [-0.2, -0.15) is 5.10 Å². The summed E-state index contributed by atoms with van der Waals surface area (Å²) in [6, 6.07) is 19.4. The molecule has 0 atom stereocenters. The lowest BCUT2D eigenvalue weighted by molar-refractivity contribution is -0.135. The molecule has 2 aromatic heterocycles. The van der Waals surface area contributed by atoms with Crippen LogP contribution >= 0.6 is 11.3 Å². The normalized spacial score (nSPS) is 12.1. The largest absolute Gasteiger partial charge is 0.463 e. The molecule has 9 heteroatoms. The summed E-state index contributed by atoms with van der Waals surface area (Å²) in [5, 5.41) is 4.81. The number of benzene rings is 2. The summed E-state index contributed by atoms with van der Waals surface area (Å²) >= 11 is 1.14. The Balaban J connectivity index is 1.89. The van der Waals surface area contributed by atoms with E-state index < -0.39 is 5.97 Å². The van der Waals surface area contributed by atoms with E-state index >= 15 is 0 Å². The molecule has 0 aliphatic carbocycles. The Kier molecular flexibility index (Phi) is 8.70. The van der Waals surface area contributed by atoms with Gasteiger partial charge in [0.2, 0.25) is 5.91 Å². The summed E-state index contributed by atoms with van der Waals surface area (Å²) in [5.41, 5.74) is 2.89. The summed E-state index contributed by atoms with van der Waals surface area (Å²) in [6.07, 6.45) is 4.91. The lowest BCUT2D eigenvalue weighted by Crippen LogP contribution is -2.40. The minimum atomic E-state index is -0.564. The van der Waals surface area contributed by atoms with Gasteiger partial charge in [0.05, 0.1) is 28.6 Å². The topological polar surface area (TPSA) is 86.4 Å². The van der Waals surface area contributed by atoms with Crippen LogP contribution in [0.5, 0.6) is 0 Å². The molecular weight excluding hydrogens is 500 g/mol. The SMILES string of the molecule is CCOC(=O)/C=c1/s/c(=C/c2cn(-c3ccccc3)nc2-c2ccccc2)c(=O)n1CC(=O)N(CC)CC. The Morgan fingerprint density at radius 2 is 1.66 bits per heavy atom. The van der Waals surface area contributed by atoms with E-state index in [1.807, 2.05) is 80.7 Å². The summed E-state index contributed by atoms with van der Waals surface area (Å²) in [6.45, 7) is 6.60. The summed E-state index contributed by atoms with van der Waals surface area (Å²) < 4.78 is 8.93. The number of aromatic nitrogens is 3. The average Bonchev–Trinajstić information content (AvgIpc) is 3.47. The van der Waals surface area contributed by atoms with E-state index in [1.165, 1.54) is 10.6 Å². The van der Waals surface area contributed by atoms with Crippen molar-refractivity contribution in [1.29, 1.82) is 0 Å². The highest BCUT2D eigenvalue weighted by atomic mass is 32.1. The molecule has 4 aromatic rings. The molecule has 8 nitrogen and oxygen atoms in total. The Morgan fingerprint density at radius 1 is 1.00 bits per heavy atom. The maximum atomic E-state index is 13.6. The van der Waals surface area contributed by atoms with E-state index in [2.05, 4.69) is 0 Å². The van der Waals surface area contributed by atoms with Gasteiger partial charge in [-0.1, -0.05) is 48.5 Å². The number of carbonyl (C=O) groups excluding carboxylic acids is 2. The fourth-order valence-electron chi connectivity index (χ4n) is 4.06. The smallest absolute Gasteiger partial charge is 0.333 e. The Labute approximate surface area is 224 Å². The van der Waals surface area contributed by atoms with Crippen molar-refractivity contribution >= 4 is 35.4 Å². The van der Waals surface area contributed by atoms with Gasteiger partial charge in [0.15, 0.2) is 0 Å². The third kappa shape index (κ3) is 6.00. The van der Waals surface area contributed by atoms with Crippen LogP contribution in [0.25, 0.3) is 29.1 Å². The van der Waals surface area contributed by atoms with Gasteiger partial charge in [0.25, 0.3) is 5.56 Å². The Morgan fingerprint density at radius 3 is 2.29 bits per heavy atom. The number of nitrogens with zero attached hydrogens (tertiary/aromatic N) is 4. The number of rotatable bonds is 9. The summed E-state index contributed by atoms with van der Waals surface area (Å²) in [7, 11) is 0. The lowest BCUT2D eigenvalue weighted by atomic mass is 10.1. The van der Waals surface area contributed by atoms with Crippen LogP contribution in [-0.4, -0.2) is 50.8 Å². The molecule has 1 amide bonds. The lowest BCUT2D eigenvalue weighted by Gasteiger charge is -2.18. The number of ether oxygens (including phenoxy) is 1. The van der Waals surface area contributed by atoms with Crippen LogP contribution in [0.3, 0.4) is 0 Å². The van der Waals surface area contributed by atoms with Crippen LogP contribution < -0.4 is 14.8 Å². The minimum absolute atomic E-state index is 0.162. The Bertz CT molecular complexity index is 1580. The highest BCUT2D eigenvalue weighted by molar-refractivity contribution is 7.07. The van der Waals surface area contributed by atoms with Crippen LogP contribution in [-0.2, 0) is 20.9 Å². The second-order valence-electron chi connectivity index (χ2n) is 8.38. The van der Waals surface area contributed by atoms with Gasteiger partial charge in [-0.15, -0.1) is 11.3 Å². The molecule has 38 heavy (non-hydrogen) atoms. The van der Waals surface area contributed by atoms with Gasteiger partial charge < -0.3 is 9.64 Å². The molecule has 2 aromatic carbocycles. The molecule has 0 radical (unpaired) electrons. The molecular formula is C29H30N4O4S. The van der Waals surface area contributed by atoms with E-state index in [4.69, 9.17) is 9.84 Å². The van der Waals surface area contributed by atoms with Crippen LogP contribution in [0.1, 0.15) is 26.3 Å². The van der Waals surface area contributed by atoms with Gasteiger partial charge in [0, 0.05) is 30.4 Å². The predicted molar refractivity (Wildman–Crippen MR) is 149 cm³/mol. The van der Waals surface area contributed by atoms with E-state index in [-0.39, 0.29) is 24.6 Å². The zero-order chi connectivity index (χ0) is 27.1. The first kappa shape index (κ1) is 26.8. The van der Waals surface area contributed by atoms with Crippen molar-refractivity contribution < 1.29 is 14.3 Å². The molecule has 0 saturated carbocycles. The number of carbonyl (C=O) groups is 2. The molecule has 0 unspecified atom stereocenters. The van der Waals surface area contributed by atoms with Crippen molar-refractivity contribution in [2.45, 2.75) is 27.3 Å². The minimum Gasteiger partial charge on any atom is -0.463 e. The van der Waals surface area contributed by atoms with Crippen molar-refractivity contribution in [3.05, 3.63) is 92.0 Å². The molecule has 0 N–H and O–H groups in total. The van der Waals surface area contributed by atoms with Gasteiger partial charge in [-0.25, -0.2) is 9.48 Å². The number of para-hydroxylation sites is 1.